The average molecular weight is 375 g/mol. The summed E-state index contributed by atoms with van der Waals surface area (Å²) < 4.78 is 4.01. The number of aryl methyl sites for hydroxylation is 1. The van der Waals surface area contributed by atoms with E-state index in [-0.39, 0.29) is 11.4 Å². The second-order valence-corrected chi connectivity index (χ2v) is 7.94. The zero-order chi connectivity index (χ0) is 18.1. The Kier molecular flexibility index (Phi) is 4.79. The van der Waals surface area contributed by atoms with Gasteiger partial charge in [-0.25, -0.2) is 4.98 Å². The van der Waals surface area contributed by atoms with Crippen molar-refractivity contribution in [2.75, 3.05) is 26.2 Å². The maximum absolute atomic E-state index is 13.0. The van der Waals surface area contributed by atoms with Gasteiger partial charge in [0, 0.05) is 31.7 Å². The van der Waals surface area contributed by atoms with Crippen molar-refractivity contribution in [3.63, 3.8) is 0 Å². The summed E-state index contributed by atoms with van der Waals surface area (Å²) in [5.41, 5.74) is 3.29. The van der Waals surface area contributed by atoms with Gasteiger partial charge in [0.2, 0.25) is 0 Å². The molecule has 2 aliphatic rings. The largest absolute Gasteiger partial charge is 0.348 e. The number of fused-ring (bicyclic) bond motifs is 2. The molecule has 4 heterocycles. The molecule has 1 N–H and O–H groups in total. The molecule has 1 saturated heterocycles. The smallest absolute Gasteiger partial charge is 0.267 e. The molecule has 1 amide bonds. The van der Waals surface area contributed by atoms with Gasteiger partial charge in [0.15, 0.2) is 0 Å². The minimum absolute atomic E-state index is 0.0304. The van der Waals surface area contributed by atoms with E-state index in [1.54, 1.807) is 0 Å². The third-order valence-electron chi connectivity index (χ3n) is 5.89. The predicted molar refractivity (Wildman–Crippen MR) is 100 cm³/mol. The number of hydrogen-bond acceptors (Lipinski definition) is 6. The number of H-pyrrole nitrogens is 1. The number of carbonyl (C=O) groups is 1. The molecule has 140 valence electrons. The van der Waals surface area contributed by atoms with E-state index in [0.717, 1.165) is 68.9 Å². The van der Waals surface area contributed by atoms with Crippen molar-refractivity contribution in [2.24, 2.45) is 0 Å². The number of piperidine rings is 1. The molecule has 1 fully saturated rings. The van der Waals surface area contributed by atoms with Crippen LogP contribution in [0, 0.1) is 0 Å². The second-order valence-electron chi connectivity index (χ2n) is 7.18. The highest BCUT2D eigenvalue weighted by molar-refractivity contribution is 7.08. The summed E-state index contributed by atoms with van der Waals surface area (Å²) in [6, 6.07) is 0. The van der Waals surface area contributed by atoms with Crippen molar-refractivity contribution in [2.45, 2.75) is 51.5 Å². The summed E-state index contributed by atoms with van der Waals surface area (Å²) in [7, 11) is 0. The van der Waals surface area contributed by atoms with Gasteiger partial charge in [-0.1, -0.05) is 24.8 Å². The molecule has 2 aromatic rings. The molecule has 1 spiro atoms. The minimum Gasteiger partial charge on any atom is -0.348 e. The van der Waals surface area contributed by atoms with Crippen LogP contribution in [0.4, 0.5) is 0 Å². The van der Waals surface area contributed by atoms with Gasteiger partial charge in [-0.15, -0.1) is 5.10 Å². The monoisotopic (exact) mass is 374 g/mol. The molecule has 2 aromatic heterocycles. The number of amides is 1. The van der Waals surface area contributed by atoms with Gasteiger partial charge >= 0.3 is 0 Å². The van der Waals surface area contributed by atoms with Crippen molar-refractivity contribution in [3.8, 4) is 0 Å². The number of imidazole rings is 1. The van der Waals surface area contributed by atoms with Crippen LogP contribution in [-0.2, 0) is 18.4 Å². The highest BCUT2D eigenvalue weighted by atomic mass is 32.1. The SMILES string of the molecule is CCCc1nnsc1C(=O)N1CCC2(CC1)c1nc[nH]c1CCN2CC. The van der Waals surface area contributed by atoms with Gasteiger partial charge in [0.05, 0.1) is 23.3 Å². The van der Waals surface area contributed by atoms with Crippen molar-refractivity contribution < 1.29 is 4.79 Å². The lowest BCUT2D eigenvalue weighted by molar-refractivity contribution is 0.0104. The molecule has 0 aromatic carbocycles. The van der Waals surface area contributed by atoms with Gasteiger partial charge in [0.25, 0.3) is 5.91 Å². The Morgan fingerprint density at radius 3 is 2.85 bits per heavy atom. The average Bonchev–Trinajstić information content (AvgIpc) is 3.32. The first-order valence-electron chi connectivity index (χ1n) is 9.58. The molecule has 26 heavy (non-hydrogen) atoms. The fourth-order valence-electron chi connectivity index (χ4n) is 4.53. The van der Waals surface area contributed by atoms with Crippen molar-refractivity contribution in [1.82, 2.24) is 29.4 Å². The number of aromatic nitrogens is 4. The Labute approximate surface area is 158 Å². The third kappa shape index (κ3) is 2.75. The summed E-state index contributed by atoms with van der Waals surface area (Å²) in [6.45, 7) is 7.90. The van der Waals surface area contributed by atoms with Crippen molar-refractivity contribution in [3.05, 3.63) is 28.3 Å². The first-order valence-corrected chi connectivity index (χ1v) is 10.3. The lowest BCUT2D eigenvalue weighted by atomic mass is 9.78. The molecule has 8 heteroatoms. The summed E-state index contributed by atoms with van der Waals surface area (Å²) in [6.07, 6.45) is 6.50. The fraction of sp³-hybridized carbons (Fsp3) is 0.667. The van der Waals surface area contributed by atoms with Gasteiger partial charge in [-0.2, -0.15) is 0 Å². The topological polar surface area (TPSA) is 78.0 Å². The predicted octanol–water partition coefficient (Wildman–Crippen LogP) is 2.22. The molecule has 0 atom stereocenters. The number of nitrogens with zero attached hydrogens (tertiary/aromatic N) is 5. The van der Waals surface area contributed by atoms with Gasteiger partial charge in [-0.05, 0) is 37.3 Å². The van der Waals surface area contributed by atoms with E-state index in [1.807, 2.05) is 11.2 Å². The Balaban J connectivity index is 1.54. The molecule has 0 radical (unpaired) electrons. The molecule has 0 bridgehead atoms. The number of nitrogens with one attached hydrogen (secondary N) is 1. The molecule has 2 aliphatic heterocycles. The highest BCUT2D eigenvalue weighted by Gasteiger charge is 2.46. The van der Waals surface area contributed by atoms with Gasteiger partial charge in [-0.3, -0.25) is 9.69 Å². The molecule has 7 nitrogen and oxygen atoms in total. The highest BCUT2D eigenvalue weighted by Crippen LogP contribution is 2.42. The first kappa shape index (κ1) is 17.6. The summed E-state index contributed by atoms with van der Waals surface area (Å²) in [5, 5.41) is 4.15. The van der Waals surface area contributed by atoms with Crippen LogP contribution in [-0.4, -0.2) is 61.4 Å². The van der Waals surface area contributed by atoms with Crippen molar-refractivity contribution >= 4 is 17.4 Å². The number of rotatable bonds is 4. The Morgan fingerprint density at radius 1 is 1.31 bits per heavy atom. The summed E-state index contributed by atoms with van der Waals surface area (Å²) in [5.74, 6) is 0.0967. The first-order chi connectivity index (χ1) is 12.7. The number of carbonyl (C=O) groups excluding carboxylic acids is 1. The van der Waals surface area contributed by atoms with E-state index < -0.39 is 0 Å². The molecular weight excluding hydrogens is 348 g/mol. The van der Waals surface area contributed by atoms with Crippen LogP contribution in [0.5, 0.6) is 0 Å². The number of likely N-dealkylation sites (N-methyl/N-ethyl adjacent to an activating group) is 1. The summed E-state index contributed by atoms with van der Waals surface area (Å²) in [4.78, 5) is 26.2. The van der Waals surface area contributed by atoms with Crippen LogP contribution < -0.4 is 0 Å². The van der Waals surface area contributed by atoms with E-state index in [4.69, 9.17) is 0 Å². The van der Waals surface area contributed by atoms with Crippen LogP contribution in [0.25, 0.3) is 0 Å². The Morgan fingerprint density at radius 2 is 2.12 bits per heavy atom. The van der Waals surface area contributed by atoms with E-state index >= 15 is 0 Å². The quantitative estimate of drug-likeness (QED) is 0.888. The van der Waals surface area contributed by atoms with E-state index in [9.17, 15) is 4.79 Å². The summed E-state index contributed by atoms with van der Waals surface area (Å²) >= 11 is 1.23. The van der Waals surface area contributed by atoms with E-state index in [2.05, 4.69) is 38.3 Å². The Bertz CT molecular complexity index is 776. The molecular formula is C18H26N6OS. The van der Waals surface area contributed by atoms with Gasteiger partial charge in [0.1, 0.15) is 4.88 Å². The van der Waals surface area contributed by atoms with E-state index in [1.165, 1.54) is 22.9 Å². The maximum atomic E-state index is 13.0. The minimum atomic E-state index is -0.0304. The third-order valence-corrected chi connectivity index (χ3v) is 6.65. The van der Waals surface area contributed by atoms with Crippen LogP contribution in [0.3, 0.4) is 0 Å². The van der Waals surface area contributed by atoms with Crippen molar-refractivity contribution in [1.29, 1.82) is 0 Å². The molecule has 0 unspecified atom stereocenters. The lowest BCUT2D eigenvalue weighted by Gasteiger charge is -2.50. The molecule has 0 aliphatic carbocycles. The normalized spacial score (nSPS) is 19.7. The maximum Gasteiger partial charge on any atom is 0.267 e. The van der Waals surface area contributed by atoms with Crippen LogP contribution >= 0.6 is 11.5 Å². The van der Waals surface area contributed by atoms with Gasteiger partial charge < -0.3 is 9.88 Å². The zero-order valence-corrected chi connectivity index (χ0v) is 16.3. The zero-order valence-electron chi connectivity index (χ0n) is 15.5. The second kappa shape index (κ2) is 7.08. The molecule has 4 rings (SSSR count). The number of likely N-dealkylation sites (tertiary alicyclic amines) is 1. The number of aromatic amines is 1. The fourth-order valence-corrected chi connectivity index (χ4v) is 5.21. The van der Waals surface area contributed by atoms with Crippen LogP contribution in [0.15, 0.2) is 6.33 Å². The van der Waals surface area contributed by atoms with Crippen LogP contribution in [0.1, 0.15) is 59.9 Å². The van der Waals surface area contributed by atoms with E-state index in [0.29, 0.717) is 0 Å². The van der Waals surface area contributed by atoms with Crippen LogP contribution in [0.2, 0.25) is 0 Å². The Hall–Kier alpha value is -1.80. The lowest BCUT2D eigenvalue weighted by Crippen LogP contribution is -2.57. The standard InChI is InChI=1S/C18H26N6OS/c1-3-5-13-15(26-22-21-13)17(25)23-10-7-18(8-11-23)16-14(19-12-20-16)6-9-24(18)4-2/h12H,3-11H2,1-2H3,(H,19,20). The molecule has 0 saturated carbocycles. The number of hydrogen-bond donors (Lipinski definition) is 1.